The number of amides is 2. The topological polar surface area (TPSA) is 58.6 Å². The number of aryl methyl sites for hydroxylation is 1. The molecule has 1 N–H and O–H groups in total. The van der Waals surface area contributed by atoms with E-state index in [0.29, 0.717) is 25.3 Å². The number of hydrogen-bond acceptors (Lipinski definition) is 3. The van der Waals surface area contributed by atoms with Crippen LogP contribution in [0.2, 0.25) is 0 Å². The highest BCUT2D eigenvalue weighted by Crippen LogP contribution is 2.33. The van der Waals surface area contributed by atoms with Crippen LogP contribution in [-0.2, 0) is 16.0 Å². The maximum absolute atomic E-state index is 12.9. The van der Waals surface area contributed by atoms with Crippen molar-refractivity contribution >= 4 is 11.8 Å². The van der Waals surface area contributed by atoms with Crippen LogP contribution in [0.25, 0.3) is 0 Å². The Labute approximate surface area is 160 Å². The Balaban J connectivity index is 1.68. The van der Waals surface area contributed by atoms with Gasteiger partial charge < -0.3 is 15.0 Å². The summed E-state index contributed by atoms with van der Waals surface area (Å²) in [6.45, 7) is 1.69. The first-order valence-corrected chi connectivity index (χ1v) is 9.43. The third-order valence-electron chi connectivity index (χ3n) is 4.84. The lowest BCUT2D eigenvalue weighted by atomic mass is 10.0. The van der Waals surface area contributed by atoms with Crippen molar-refractivity contribution in [2.45, 2.75) is 25.3 Å². The fourth-order valence-electron chi connectivity index (χ4n) is 3.51. The number of carbonyl (C=O) groups is 2. The maximum Gasteiger partial charge on any atom is 0.255 e. The number of benzene rings is 2. The van der Waals surface area contributed by atoms with Crippen molar-refractivity contribution < 1.29 is 14.3 Å². The second kappa shape index (κ2) is 9.33. The minimum atomic E-state index is -0.549. The van der Waals surface area contributed by atoms with Gasteiger partial charge in [-0.2, -0.15) is 0 Å². The van der Waals surface area contributed by atoms with Gasteiger partial charge in [-0.25, -0.2) is 0 Å². The number of hydrogen-bond donors (Lipinski definition) is 1. The van der Waals surface area contributed by atoms with Crippen LogP contribution in [0.3, 0.4) is 0 Å². The van der Waals surface area contributed by atoms with E-state index in [2.05, 4.69) is 17.4 Å². The molecule has 2 amide bonds. The van der Waals surface area contributed by atoms with E-state index in [1.807, 2.05) is 36.4 Å². The van der Waals surface area contributed by atoms with E-state index in [9.17, 15) is 9.59 Å². The summed E-state index contributed by atoms with van der Waals surface area (Å²) < 4.78 is 5.02. The molecule has 2 aromatic rings. The van der Waals surface area contributed by atoms with E-state index < -0.39 is 6.04 Å². The Morgan fingerprint density at radius 2 is 1.81 bits per heavy atom. The van der Waals surface area contributed by atoms with Gasteiger partial charge in [0, 0.05) is 32.4 Å². The van der Waals surface area contributed by atoms with Gasteiger partial charge >= 0.3 is 0 Å². The number of fused-ring (bicyclic) bond motifs is 1. The quantitative estimate of drug-likeness (QED) is 0.694. The van der Waals surface area contributed by atoms with Crippen molar-refractivity contribution in [3.8, 4) is 0 Å². The number of rotatable bonds is 9. The Hall–Kier alpha value is -2.66. The van der Waals surface area contributed by atoms with Gasteiger partial charge in [-0.3, -0.25) is 9.59 Å². The molecule has 2 aromatic carbocycles. The number of nitrogens with zero attached hydrogens (tertiary/aromatic N) is 1. The zero-order valence-electron chi connectivity index (χ0n) is 15.7. The maximum atomic E-state index is 12.9. The van der Waals surface area contributed by atoms with Crippen LogP contribution in [-0.4, -0.2) is 43.5 Å². The Morgan fingerprint density at radius 1 is 1.07 bits per heavy atom. The van der Waals surface area contributed by atoms with Gasteiger partial charge in [0.05, 0.1) is 0 Å². The fraction of sp³-hybridized carbons (Fsp3) is 0.364. The molecule has 0 aromatic heterocycles. The fourth-order valence-corrected chi connectivity index (χ4v) is 3.51. The standard InChI is InChI=1S/C22H26N2O3/c1-27-16-8-14-23-21(25)20-18-12-5-6-13-19(18)22(26)24(20)15-7-11-17-9-3-2-4-10-17/h2-6,9-10,12-13,20H,7-8,11,14-16H2,1H3,(H,23,25). The van der Waals surface area contributed by atoms with Crippen molar-refractivity contribution in [1.29, 1.82) is 0 Å². The minimum absolute atomic E-state index is 0.0595. The summed E-state index contributed by atoms with van der Waals surface area (Å²) in [7, 11) is 1.64. The van der Waals surface area contributed by atoms with Gasteiger partial charge in [-0.05, 0) is 36.5 Å². The van der Waals surface area contributed by atoms with Crippen LogP contribution in [0.4, 0.5) is 0 Å². The predicted molar refractivity (Wildman–Crippen MR) is 104 cm³/mol. The third kappa shape index (κ3) is 4.55. The second-order valence-corrected chi connectivity index (χ2v) is 6.71. The molecule has 5 nitrogen and oxygen atoms in total. The minimum Gasteiger partial charge on any atom is -0.385 e. The number of carbonyl (C=O) groups excluding carboxylic acids is 2. The molecule has 142 valence electrons. The van der Waals surface area contributed by atoms with Gasteiger partial charge in [0.25, 0.3) is 5.91 Å². The SMILES string of the molecule is COCCCNC(=O)C1c2ccccc2C(=O)N1CCCc1ccccc1. The molecule has 3 rings (SSSR count). The van der Waals surface area contributed by atoms with Crippen molar-refractivity contribution in [3.63, 3.8) is 0 Å². The molecular weight excluding hydrogens is 340 g/mol. The van der Waals surface area contributed by atoms with Gasteiger partial charge in [0.2, 0.25) is 5.91 Å². The third-order valence-corrected chi connectivity index (χ3v) is 4.84. The zero-order chi connectivity index (χ0) is 19.1. The average Bonchev–Trinajstić information content (AvgIpc) is 2.98. The molecule has 1 aliphatic heterocycles. The molecule has 0 aliphatic carbocycles. The molecule has 1 heterocycles. The van der Waals surface area contributed by atoms with Gasteiger partial charge in [0.1, 0.15) is 6.04 Å². The van der Waals surface area contributed by atoms with Crippen LogP contribution in [0, 0.1) is 0 Å². The summed E-state index contributed by atoms with van der Waals surface area (Å²) in [5.41, 5.74) is 2.67. The molecular formula is C22H26N2O3. The monoisotopic (exact) mass is 366 g/mol. The van der Waals surface area contributed by atoms with Crippen LogP contribution < -0.4 is 5.32 Å². The lowest BCUT2D eigenvalue weighted by Gasteiger charge is -2.24. The van der Waals surface area contributed by atoms with Gasteiger partial charge in [-0.1, -0.05) is 48.5 Å². The Morgan fingerprint density at radius 3 is 2.59 bits per heavy atom. The molecule has 0 fully saturated rings. The van der Waals surface area contributed by atoms with Crippen LogP contribution in [0.15, 0.2) is 54.6 Å². The smallest absolute Gasteiger partial charge is 0.255 e. The van der Waals surface area contributed by atoms with Crippen molar-refractivity contribution in [1.82, 2.24) is 10.2 Å². The first kappa shape index (κ1) is 19.1. The van der Waals surface area contributed by atoms with E-state index in [0.717, 1.165) is 24.8 Å². The summed E-state index contributed by atoms with van der Waals surface area (Å²) >= 11 is 0. The molecule has 5 heteroatoms. The normalized spacial score (nSPS) is 15.7. The summed E-state index contributed by atoms with van der Waals surface area (Å²) in [6, 6.07) is 17.1. The first-order valence-electron chi connectivity index (χ1n) is 9.43. The highest BCUT2D eigenvalue weighted by atomic mass is 16.5. The molecule has 27 heavy (non-hydrogen) atoms. The molecule has 1 aliphatic rings. The zero-order valence-corrected chi connectivity index (χ0v) is 15.7. The Bertz CT molecular complexity index is 776. The summed E-state index contributed by atoms with van der Waals surface area (Å²) in [6.07, 6.45) is 2.44. The molecule has 0 saturated heterocycles. The summed E-state index contributed by atoms with van der Waals surface area (Å²) in [5.74, 6) is -0.181. The highest BCUT2D eigenvalue weighted by Gasteiger charge is 2.40. The molecule has 0 bridgehead atoms. The van der Waals surface area contributed by atoms with E-state index >= 15 is 0 Å². The molecule has 1 unspecified atom stereocenters. The first-order chi connectivity index (χ1) is 13.2. The molecule has 0 radical (unpaired) electrons. The lowest BCUT2D eigenvalue weighted by molar-refractivity contribution is -0.125. The largest absolute Gasteiger partial charge is 0.385 e. The second-order valence-electron chi connectivity index (χ2n) is 6.71. The van der Waals surface area contributed by atoms with E-state index in [-0.39, 0.29) is 11.8 Å². The van der Waals surface area contributed by atoms with Crippen LogP contribution >= 0.6 is 0 Å². The average molecular weight is 366 g/mol. The molecule has 1 atom stereocenters. The van der Waals surface area contributed by atoms with E-state index in [1.54, 1.807) is 18.1 Å². The van der Waals surface area contributed by atoms with E-state index in [4.69, 9.17) is 4.74 Å². The van der Waals surface area contributed by atoms with Crippen LogP contribution in [0.5, 0.6) is 0 Å². The number of ether oxygens (including phenoxy) is 1. The summed E-state index contributed by atoms with van der Waals surface area (Å²) in [4.78, 5) is 27.4. The summed E-state index contributed by atoms with van der Waals surface area (Å²) in [5, 5.41) is 2.95. The van der Waals surface area contributed by atoms with Gasteiger partial charge in [-0.15, -0.1) is 0 Å². The van der Waals surface area contributed by atoms with Gasteiger partial charge in [0.15, 0.2) is 0 Å². The Kier molecular flexibility index (Phi) is 6.60. The molecule has 0 saturated carbocycles. The van der Waals surface area contributed by atoms with Crippen molar-refractivity contribution in [2.24, 2.45) is 0 Å². The lowest BCUT2D eigenvalue weighted by Crippen LogP contribution is -2.40. The number of methoxy groups -OCH3 is 1. The predicted octanol–water partition coefficient (Wildman–Crippen LogP) is 2.97. The van der Waals surface area contributed by atoms with Crippen LogP contribution in [0.1, 0.15) is 40.4 Å². The molecule has 0 spiro atoms. The number of nitrogens with one attached hydrogen (secondary N) is 1. The van der Waals surface area contributed by atoms with Crippen molar-refractivity contribution in [3.05, 3.63) is 71.3 Å². The highest BCUT2D eigenvalue weighted by molar-refractivity contribution is 6.04. The van der Waals surface area contributed by atoms with Crippen molar-refractivity contribution in [2.75, 3.05) is 26.8 Å². The van der Waals surface area contributed by atoms with E-state index in [1.165, 1.54) is 5.56 Å².